The molecule has 0 aliphatic heterocycles. The van der Waals surface area contributed by atoms with Gasteiger partial charge in [-0.25, -0.2) is 9.78 Å². The predicted octanol–water partition coefficient (Wildman–Crippen LogP) is 4.46. The van der Waals surface area contributed by atoms with Crippen molar-refractivity contribution < 1.29 is 9.25 Å². The zero-order valence-corrected chi connectivity index (χ0v) is 23.8. The van der Waals surface area contributed by atoms with Crippen molar-refractivity contribution >= 4 is 33.5 Å². The predicted molar refractivity (Wildman–Crippen MR) is 155 cm³/mol. The Labute approximate surface area is 232 Å². The maximum absolute atomic E-state index is 12.8. The lowest BCUT2D eigenvalue weighted by Crippen LogP contribution is -2.38. The summed E-state index contributed by atoms with van der Waals surface area (Å²) in [5.41, 5.74) is 4.51. The maximum atomic E-state index is 12.8. The van der Waals surface area contributed by atoms with Crippen LogP contribution in [0, 0.1) is 17.2 Å². The van der Waals surface area contributed by atoms with Crippen molar-refractivity contribution in [2.24, 2.45) is 25.2 Å². The standard InChI is InChI=1S/C30H34N6O4/c1-30(2,3)40-33-26(21-8-7-9-23-28(21)39-29(38)36(23)6)18-10-13-20(14-11-18)34(4)24-16-25(37)35(5)22-15-12-19(17-31)32-27(22)24/h7-9,12,15-16,18,20H,10-11,13-14H2,1-6H3/b33-26+. The second-order valence-electron chi connectivity index (χ2n) is 11.5. The van der Waals surface area contributed by atoms with E-state index in [0.717, 1.165) is 42.6 Å². The average molecular weight is 543 g/mol. The van der Waals surface area contributed by atoms with E-state index in [1.54, 1.807) is 36.9 Å². The Balaban J connectivity index is 1.46. The van der Waals surface area contributed by atoms with Crippen LogP contribution in [0.25, 0.3) is 22.1 Å². The molecule has 4 aromatic rings. The summed E-state index contributed by atoms with van der Waals surface area (Å²) in [5.74, 6) is -0.329. The molecule has 0 saturated heterocycles. The molecule has 1 fully saturated rings. The van der Waals surface area contributed by atoms with Crippen LogP contribution in [0.4, 0.5) is 5.69 Å². The molecule has 0 spiro atoms. The second-order valence-corrected chi connectivity index (χ2v) is 11.5. The lowest BCUT2D eigenvalue weighted by molar-refractivity contribution is -0.0000268. The van der Waals surface area contributed by atoms with Crippen LogP contribution in [-0.4, -0.2) is 38.5 Å². The number of rotatable bonds is 5. The minimum atomic E-state index is -0.482. The Morgan fingerprint density at radius 2 is 1.82 bits per heavy atom. The molecule has 10 nitrogen and oxygen atoms in total. The van der Waals surface area contributed by atoms with E-state index in [1.165, 1.54) is 4.57 Å². The summed E-state index contributed by atoms with van der Waals surface area (Å²) in [7, 11) is 5.39. The van der Waals surface area contributed by atoms with E-state index < -0.39 is 11.4 Å². The Morgan fingerprint density at radius 1 is 1.10 bits per heavy atom. The van der Waals surface area contributed by atoms with E-state index in [2.05, 4.69) is 21.1 Å². The van der Waals surface area contributed by atoms with Gasteiger partial charge in [-0.1, -0.05) is 11.2 Å². The average Bonchev–Trinajstić information content (AvgIpc) is 3.23. The molecule has 0 bridgehead atoms. The molecule has 40 heavy (non-hydrogen) atoms. The molecule has 5 rings (SSSR count). The smallest absolute Gasteiger partial charge is 0.407 e. The Morgan fingerprint density at radius 3 is 2.50 bits per heavy atom. The fourth-order valence-electron chi connectivity index (χ4n) is 5.46. The third kappa shape index (κ3) is 4.99. The highest BCUT2D eigenvalue weighted by Crippen LogP contribution is 2.35. The Kier molecular flexibility index (Phi) is 7.00. The number of nitriles is 1. The van der Waals surface area contributed by atoms with Gasteiger partial charge in [0.25, 0.3) is 5.56 Å². The van der Waals surface area contributed by atoms with Crippen LogP contribution in [0.15, 0.2) is 55.6 Å². The fourth-order valence-corrected chi connectivity index (χ4v) is 5.46. The number of hydrogen-bond acceptors (Lipinski definition) is 8. The topological polar surface area (TPSA) is 119 Å². The van der Waals surface area contributed by atoms with Gasteiger partial charge in [-0.15, -0.1) is 0 Å². The highest BCUT2D eigenvalue weighted by Gasteiger charge is 2.31. The number of anilines is 1. The lowest BCUT2D eigenvalue weighted by atomic mass is 9.80. The SMILES string of the molecule is CN(c1cc(=O)n(C)c2ccc(C#N)nc12)C1CCC(/C(=N\OC(C)(C)C)c2cccc3c2oc(=O)n3C)CC1. The molecular formula is C30H34N6O4. The van der Waals surface area contributed by atoms with Crippen molar-refractivity contribution in [2.45, 2.75) is 58.1 Å². The number of benzene rings is 1. The van der Waals surface area contributed by atoms with Crippen LogP contribution >= 0.6 is 0 Å². The highest BCUT2D eigenvalue weighted by atomic mass is 16.6. The summed E-state index contributed by atoms with van der Waals surface area (Å²) in [5, 5.41) is 14.0. The number of oxazole rings is 1. The normalized spacial score (nSPS) is 18.2. The van der Waals surface area contributed by atoms with Gasteiger partial charge in [0.2, 0.25) is 0 Å². The van der Waals surface area contributed by atoms with Crippen molar-refractivity contribution in [1.29, 1.82) is 5.26 Å². The van der Waals surface area contributed by atoms with E-state index in [1.807, 2.05) is 46.0 Å². The molecule has 0 atom stereocenters. The molecule has 0 N–H and O–H groups in total. The van der Waals surface area contributed by atoms with Gasteiger partial charge in [0.05, 0.1) is 22.4 Å². The number of oxime groups is 1. The first-order valence-corrected chi connectivity index (χ1v) is 13.5. The number of aryl methyl sites for hydroxylation is 2. The monoisotopic (exact) mass is 542 g/mol. The number of fused-ring (bicyclic) bond motifs is 2. The van der Waals surface area contributed by atoms with Gasteiger partial charge in [-0.2, -0.15) is 5.26 Å². The van der Waals surface area contributed by atoms with Gasteiger partial charge in [0, 0.05) is 44.7 Å². The first-order chi connectivity index (χ1) is 19.0. The molecule has 0 unspecified atom stereocenters. The van der Waals surface area contributed by atoms with Gasteiger partial charge in [-0.05, 0) is 70.7 Å². The minimum absolute atomic E-state index is 0.0896. The number of pyridine rings is 2. The number of aromatic nitrogens is 3. The van der Waals surface area contributed by atoms with Crippen molar-refractivity contribution in [3.63, 3.8) is 0 Å². The first-order valence-electron chi connectivity index (χ1n) is 13.5. The molecule has 1 aliphatic carbocycles. The molecule has 0 amide bonds. The summed E-state index contributed by atoms with van der Waals surface area (Å²) in [6.07, 6.45) is 3.35. The molecule has 1 saturated carbocycles. The van der Waals surface area contributed by atoms with Crippen molar-refractivity contribution in [1.82, 2.24) is 14.1 Å². The van der Waals surface area contributed by atoms with Gasteiger partial charge < -0.3 is 18.7 Å². The van der Waals surface area contributed by atoms with Gasteiger partial charge in [0.1, 0.15) is 22.9 Å². The van der Waals surface area contributed by atoms with Gasteiger partial charge in [0.15, 0.2) is 5.58 Å². The summed E-state index contributed by atoms with van der Waals surface area (Å²) in [6.45, 7) is 5.84. The van der Waals surface area contributed by atoms with E-state index >= 15 is 0 Å². The van der Waals surface area contributed by atoms with E-state index in [9.17, 15) is 14.9 Å². The van der Waals surface area contributed by atoms with E-state index in [0.29, 0.717) is 27.8 Å². The molecule has 3 heterocycles. The molecule has 208 valence electrons. The minimum Gasteiger partial charge on any atom is -0.407 e. The molecule has 0 radical (unpaired) electrons. The number of nitrogens with zero attached hydrogens (tertiary/aromatic N) is 6. The first kappa shape index (κ1) is 27.2. The van der Waals surface area contributed by atoms with Gasteiger partial charge >= 0.3 is 5.76 Å². The van der Waals surface area contributed by atoms with Crippen LogP contribution in [-0.2, 0) is 18.9 Å². The molecule has 1 aromatic carbocycles. The zero-order chi connectivity index (χ0) is 28.8. The maximum Gasteiger partial charge on any atom is 0.419 e. The highest BCUT2D eigenvalue weighted by molar-refractivity contribution is 6.09. The Bertz CT molecular complexity index is 1770. The zero-order valence-electron chi connectivity index (χ0n) is 23.8. The molecule has 1 aliphatic rings. The van der Waals surface area contributed by atoms with Crippen molar-refractivity contribution in [3.8, 4) is 6.07 Å². The van der Waals surface area contributed by atoms with Crippen LogP contribution < -0.4 is 16.2 Å². The lowest BCUT2D eigenvalue weighted by Gasteiger charge is -2.36. The summed E-state index contributed by atoms with van der Waals surface area (Å²) >= 11 is 0. The van der Waals surface area contributed by atoms with E-state index in [4.69, 9.17) is 9.25 Å². The van der Waals surface area contributed by atoms with Crippen LogP contribution in [0.5, 0.6) is 0 Å². The van der Waals surface area contributed by atoms with Crippen molar-refractivity contribution in [2.75, 3.05) is 11.9 Å². The molecule has 3 aromatic heterocycles. The third-order valence-electron chi connectivity index (χ3n) is 7.71. The van der Waals surface area contributed by atoms with Crippen LogP contribution in [0.2, 0.25) is 0 Å². The summed E-state index contributed by atoms with van der Waals surface area (Å²) in [4.78, 5) is 37.6. The quantitative estimate of drug-likeness (QED) is 0.270. The van der Waals surface area contributed by atoms with Crippen LogP contribution in [0.1, 0.15) is 57.7 Å². The largest absolute Gasteiger partial charge is 0.419 e. The Hall–Kier alpha value is -4.39. The van der Waals surface area contributed by atoms with Crippen molar-refractivity contribution in [3.05, 3.63) is 68.6 Å². The number of hydrogen-bond donors (Lipinski definition) is 0. The summed E-state index contributed by atoms with van der Waals surface area (Å²) in [6, 6.07) is 13.0. The van der Waals surface area contributed by atoms with Crippen LogP contribution in [0.3, 0.4) is 0 Å². The second kappa shape index (κ2) is 10.3. The number of para-hydroxylation sites is 1. The molecular weight excluding hydrogens is 508 g/mol. The van der Waals surface area contributed by atoms with Gasteiger partial charge in [-0.3, -0.25) is 9.36 Å². The van der Waals surface area contributed by atoms with E-state index in [-0.39, 0.29) is 17.5 Å². The fraction of sp³-hybridized carbons (Fsp3) is 0.433. The third-order valence-corrected chi connectivity index (χ3v) is 7.71. The molecule has 10 heteroatoms. The summed E-state index contributed by atoms with van der Waals surface area (Å²) < 4.78 is 8.68.